The van der Waals surface area contributed by atoms with Gasteiger partial charge in [0.15, 0.2) is 0 Å². The predicted octanol–water partition coefficient (Wildman–Crippen LogP) is 0.821. The van der Waals surface area contributed by atoms with Crippen molar-refractivity contribution in [3.8, 4) is 0 Å². The molecule has 0 amide bonds. The summed E-state index contributed by atoms with van der Waals surface area (Å²) in [4.78, 5) is 17.7. The highest BCUT2D eigenvalue weighted by Crippen LogP contribution is 2.24. The van der Waals surface area contributed by atoms with E-state index in [1.54, 1.807) is 12.1 Å². The van der Waals surface area contributed by atoms with Gasteiger partial charge >= 0.3 is 0 Å². The molecule has 10 heteroatoms. The summed E-state index contributed by atoms with van der Waals surface area (Å²) in [7, 11) is -1.13. The number of sulfonamides is 1. The zero-order chi connectivity index (χ0) is 21.3. The second kappa shape index (κ2) is 8.88. The van der Waals surface area contributed by atoms with Gasteiger partial charge in [0.1, 0.15) is 0 Å². The van der Waals surface area contributed by atoms with Crippen LogP contribution in [0.1, 0.15) is 18.4 Å². The summed E-state index contributed by atoms with van der Waals surface area (Å²) < 4.78 is 27.0. The molecule has 0 bridgehead atoms. The number of hydrogen-bond donors (Lipinski definition) is 0. The molecule has 166 valence electrons. The van der Waals surface area contributed by atoms with Crippen LogP contribution < -0.4 is 0 Å². The van der Waals surface area contributed by atoms with E-state index in [9.17, 15) is 18.5 Å². The number of nitro groups is 1. The van der Waals surface area contributed by atoms with E-state index in [4.69, 9.17) is 0 Å². The van der Waals surface area contributed by atoms with Crippen molar-refractivity contribution in [2.45, 2.75) is 31.5 Å². The van der Waals surface area contributed by atoms with Crippen LogP contribution in [0.25, 0.3) is 0 Å². The smallest absolute Gasteiger partial charge is 0.269 e. The molecule has 1 aromatic carbocycles. The first-order valence-electron chi connectivity index (χ1n) is 10.7. The van der Waals surface area contributed by atoms with E-state index in [0.717, 1.165) is 44.8 Å². The Morgan fingerprint density at radius 1 is 0.967 bits per heavy atom. The second-order valence-electron chi connectivity index (χ2n) is 8.75. The van der Waals surface area contributed by atoms with Crippen molar-refractivity contribution >= 4 is 15.7 Å². The topological polar surface area (TPSA) is 90.2 Å². The first kappa shape index (κ1) is 21.6. The molecule has 0 saturated carbocycles. The normalized spacial score (nSPS) is 27.4. The number of piperidine rings is 1. The monoisotopic (exact) mass is 437 g/mol. The number of piperazine rings is 1. The van der Waals surface area contributed by atoms with E-state index in [-0.39, 0.29) is 24.0 Å². The first-order valence-corrected chi connectivity index (χ1v) is 12.3. The third-order valence-corrected chi connectivity index (χ3v) is 8.66. The lowest BCUT2D eigenvalue weighted by molar-refractivity contribution is -0.384. The minimum atomic E-state index is -3.31. The maximum absolute atomic E-state index is 12.7. The number of non-ortho nitro benzene ring substituents is 1. The van der Waals surface area contributed by atoms with Crippen LogP contribution in [0.4, 0.5) is 5.69 Å². The number of nitrogens with zero attached hydrogens (tertiary/aromatic N) is 5. The fourth-order valence-electron chi connectivity index (χ4n) is 4.89. The van der Waals surface area contributed by atoms with Crippen molar-refractivity contribution < 1.29 is 13.3 Å². The Kier molecular flexibility index (Phi) is 6.40. The highest BCUT2D eigenvalue weighted by Gasteiger charge is 2.40. The van der Waals surface area contributed by atoms with E-state index in [1.165, 1.54) is 29.3 Å². The minimum absolute atomic E-state index is 0.0170. The lowest BCUT2D eigenvalue weighted by Crippen LogP contribution is -2.55. The molecule has 4 rings (SSSR count). The molecule has 0 aromatic heterocycles. The highest BCUT2D eigenvalue weighted by molar-refractivity contribution is 7.89. The summed E-state index contributed by atoms with van der Waals surface area (Å²) in [6.07, 6.45) is 2.44. The Morgan fingerprint density at radius 2 is 1.53 bits per heavy atom. The third kappa shape index (κ3) is 4.83. The summed E-state index contributed by atoms with van der Waals surface area (Å²) >= 11 is 0. The van der Waals surface area contributed by atoms with Crippen molar-refractivity contribution in [1.29, 1.82) is 0 Å². The number of hydrogen-bond acceptors (Lipinski definition) is 7. The molecule has 3 aliphatic rings. The van der Waals surface area contributed by atoms with E-state index in [2.05, 4.69) is 21.7 Å². The van der Waals surface area contributed by atoms with Crippen LogP contribution in [0.3, 0.4) is 0 Å². The fraction of sp³-hybridized carbons (Fsp3) is 0.700. The van der Waals surface area contributed by atoms with Crippen molar-refractivity contribution in [1.82, 2.24) is 19.0 Å². The summed E-state index contributed by atoms with van der Waals surface area (Å²) in [5.74, 6) is 0.161. The average Bonchev–Trinajstić information content (AvgIpc) is 3.03. The fourth-order valence-corrected chi connectivity index (χ4v) is 6.65. The maximum Gasteiger partial charge on any atom is 0.269 e. The molecule has 3 saturated heterocycles. The van der Waals surface area contributed by atoms with Gasteiger partial charge < -0.3 is 4.90 Å². The zero-order valence-corrected chi connectivity index (χ0v) is 18.3. The van der Waals surface area contributed by atoms with Crippen molar-refractivity contribution in [2.24, 2.45) is 0 Å². The molecular weight excluding hydrogens is 406 g/mol. The predicted molar refractivity (Wildman–Crippen MR) is 115 cm³/mol. The summed E-state index contributed by atoms with van der Waals surface area (Å²) in [6.45, 7) is 6.92. The molecule has 30 heavy (non-hydrogen) atoms. The van der Waals surface area contributed by atoms with Gasteiger partial charge in [-0.05, 0) is 38.5 Å². The van der Waals surface area contributed by atoms with Gasteiger partial charge in [0.2, 0.25) is 10.0 Å². The zero-order valence-electron chi connectivity index (χ0n) is 17.5. The number of likely N-dealkylation sites (tertiary alicyclic amines) is 1. The van der Waals surface area contributed by atoms with Crippen molar-refractivity contribution in [3.05, 3.63) is 39.9 Å². The Morgan fingerprint density at radius 3 is 2.10 bits per heavy atom. The van der Waals surface area contributed by atoms with Gasteiger partial charge in [-0.15, -0.1) is 0 Å². The van der Waals surface area contributed by atoms with Gasteiger partial charge in [-0.1, -0.05) is 12.1 Å². The molecule has 3 heterocycles. The number of benzene rings is 1. The van der Waals surface area contributed by atoms with Gasteiger partial charge in [-0.25, -0.2) is 8.42 Å². The maximum atomic E-state index is 12.7. The third-order valence-electron chi connectivity index (χ3n) is 6.79. The molecule has 3 aliphatic heterocycles. The highest BCUT2D eigenvalue weighted by atomic mass is 32.2. The average molecular weight is 438 g/mol. The molecule has 1 aromatic rings. The molecule has 0 radical (unpaired) electrons. The summed E-state index contributed by atoms with van der Waals surface area (Å²) in [6, 6.07) is 6.82. The molecule has 3 fully saturated rings. The number of rotatable bonds is 5. The molecule has 1 unspecified atom stereocenters. The van der Waals surface area contributed by atoms with Crippen LogP contribution >= 0.6 is 0 Å². The van der Waals surface area contributed by atoms with Gasteiger partial charge in [0.25, 0.3) is 5.69 Å². The van der Waals surface area contributed by atoms with Crippen LogP contribution in [0.5, 0.6) is 0 Å². The van der Waals surface area contributed by atoms with Gasteiger partial charge in [0.05, 0.1) is 10.7 Å². The summed E-state index contributed by atoms with van der Waals surface area (Å²) in [5.41, 5.74) is 0.792. The van der Waals surface area contributed by atoms with Crippen molar-refractivity contribution in [2.75, 3.05) is 58.6 Å². The molecule has 0 aliphatic carbocycles. The van der Waals surface area contributed by atoms with Gasteiger partial charge in [0, 0.05) is 63.5 Å². The molecule has 9 nitrogen and oxygen atoms in total. The molecule has 0 spiro atoms. The molecule has 0 N–H and O–H groups in total. The molecule has 1 atom stereocenters. The standard InChI is InChI=1S/C20H31N5O4S/c1-21-8-6-18(7-9-21)22-10-12-23(13-11-22)20-15-24(30(28,29)16-20)14-17-2-4-19(5-3-17)25(26)27/h2-5,18,20H,6-16H2,1H3. The lowest BCUT2D eigenvalue weighted by atomic mass is 10.0. The van der Waals surface area contributed by atoms with Crippen LogP contribution in [-0.4, -0.2) is 103 Å². The minimum Gasteiger partial charge on any atom is -0.306 e. The Labute approximate surface area is 178 Å². The van der Waals surface area contributed by atoms with Gasteiger partial charge in [-0.3, -0.25) is 19.9 Å². The second-order valence-corrected chi connectivity index (χ2v) is 10.8. The quantitative estimate of drug-likeness (QED) is 0.498. The Balaban J connectivity index is 1.31. The largest absolute Gasteiger partial charge is 0.306 e. The van der Waals surface area contributed by atoms with Crippen LogP contribution in [0.2, 0.25) is 0 Å². The summed E-state index contributed by atoms with van der Waals surface area (Å²) in [5, 5.41) is 10.8. The Hall–Kier alpha value is -1.59. The SMILES string of the molecule is CN1CCC(N2CCN(C3CN(Cc4ccc([N+](=O)[O-])cc4)S(=O)(=O)C3)CC2)CC1. The van der Waals surface area contributed by atoms with Crippen LogP contribution in [0.15, 0.2) is 24.3 Å². The van der Waals surface area contributed by atoms with E-state index >= 15 is 0 Å². The van der Waals surface area contributed by atoms with Gasteiger partial charge in [-0.2, -0.15) is 4.31 Å². The number of nitro benzene ring substituents is 1. The Bertz CT molecular complexity index is 846. The van der Waals surface area contributed by atoms with Crippen LogP contribution in [0, 0.1) is 10.1 Å². The molecular formula is C20H31N5O4S. The van der Waals surface area contributed by atoms with Crippen LogP contribution in [-0.2, 0) is 16.6 Å². The van der Waals surface area contributed by atoms with E-state index in [0.29, 0.717) is 12.6 Å². The first-order chi connectivity index (χ1) is 14.3. The lowest BCUT2D eigenvalue weighted by Gasteiger charge is -2.43. The van der Waals surface area contributed by atoms with E-state index in [1.807, 2.05) is 0 Å². The van der Waals surface area contributed by atoms with Crippen molar-refractivity contribution in [3.63, 3.8) is 0 Å². The van der Waals surface area contributed by atoms with E-state index < -0.39 is 14.9 Å².